The fraction of sp³-hybridized carbons (Fsp3) is 0. The van der Waals surface area contributed by atoms with E-state index in [1.165, 1.54) is 0 Å². The third-order valence-corrected chi connectivity index (χ3v) is 0. The second-order valence-electron chi connectivity index (χ2n) is 0. The van der Waals surface area contributed by atoms with Crippen LogP contribution in [0.2, 0.25) is 0 Å². The summed E-state index contributed by atoms with van der Waals surface area (Å²) in [5.41, 5.74) is 0. The van der Waals surface area contributed by atoms with E-state index in [-0.39, 0.29) is 61.3 Å². The molecular weight excluding hydrogens is 661 g/mol. The van der Waals surface area contributed by atoms with Gasteiger partial charge in [0.25, 0.3) is 0 Å². The Morgan fingerprint density at radius 3 is 0.263 bits per heavy atom. The minimum Gasteiger partial charge on any atom is -0.512 e. The van der Waals surface area contributed by atoms with Gasteiger partial charge in [0.1, 0.15) is 0 Å². The normalized spacial score (nSPS) is 0.842. The third-order valence-electron chi connectivity index (χ3n) is 0. The van der Waals surface area contributed by atoms with Gasteiger partial charge in [-0.3, -0.25) is 0 Å². The van der Waals surface area contributed by atoms with E-state index in [0.717, 1.165) is 0 Å². The fourth-order valence-electron chi connectivity index (χ4n) is 0. The first-order valence-corrected chi connectivity index (χ1v) is 1.79. The summed E-state index contributed by atoms with van der Waals surface area (Å²) in [4.78, 5) is 0. The van der Waals surface area contributed by atoms with Gasteiger partial charge in [-0.25, -0.2) is 0 Å². The van der Waals surface area contributed by atoms with E-state index in [0.29, 0.717) is 0 Å². The maximum Gasteiger partial charge on any atom is 3.00 e. The molecule has 8 nitrogen and oxygen atoms in total. The Kier molecular flexibility index (Phi) is 5140. The first-order chi connectivity index (χ1) is 8.00. The van der Waals surface area contributed by atoms with Crippen LogP contribution in [0.15, 0.2) is 0 Å². The second kappa shape index (κ2) is 795. The molecule has 0 aromatic heterocycles. The van der Waals surface area contributed by atoms with Crippen molar-refractivity contribution in [2.24, 2.45) is 0 Å². The summed E-state index contributed by atoms with van der Waals surface area (Å²) in [5.74, 6) is 0. The Labute approximate surface area is 155 Å². The van der Waals surface area contributed by atoms with Gasteiger partial charge in [0, 0.05) is 0 Å². The van der Waals surface area contributed by atoms with Gasteiger partial charge in [0.15, 0.2) is 0 Å². The van der Waals surface area contributed by atoms with Crippen molar-refractivity contribution in [2.45, 2.75) is 0 Å². The third kappa shape index (κ3) is 692. The van der Waals surface area contributed by atoms with Gasteiger partial charge < -0.3 is 94.7 Å². The zero-order chi connectivity index (χ0) is 16.0. The summed E-state index contributed by atoms with van der Waals surface area (Å²) >= 11 is 0. The molecule has 0 aliphatic heterocycles. The Morgan fingerprint density at radius 1 is 0.263 bits per heavy atom. The van der Waals surface area contributed by atoms with Crippen molar-refractivity contribution in [1.82, 2.24) is 0 Å². The predicted molar refractivity (Wildman–Crippen MR) is 39.7 cm³/mol. The van der Waals surface area contributed by atoms with Gasteiger partial charge in [0.05, 0.1) is 0 Å². The number of rotatable bonds is 0. The molecule has 104 valence electrons. The maximum absolute atomic E-state index is 6.25. The molecule has 0 unspecified atom stereocenters. The molecule has 0 fully saturated rings. The molecule has 0 N–H and O–H groups in total. The van der Waals surface area contributed by atoms with E-state index in [9.17, 15) is 0 Å². The van der Waals surface area contributed by atoms with E-state index in [2.05, 4.69) is 0 Å². The summed E-state index contributed by atoms with van der Waals surface area (Å²) in [6, 6.07) is 0. The van der Waals surface area contributed by atoms with Crippen LogP contribution in [0.3, 0.4) is 0 Å². The molecule has 0 aromatic rings. The molecule has 19 heavy (non-hydrogen) atoms. The summed E-state index contributed by atoms with van der Waals surface area (Å²) in [5, 5.41) is 50.0. The van der Waals surface area contributed by atoms with Gasteiger partial charge in [-0.2, -0.15) is 0 Å². The molecule has 0 spiro atoms. The smallest absolute Gasteiger partial charge is 0.512 e. The van der Waals surface area contributed by atoms with Gasteiger partial charge in [-0.1, -0.05) is 0 Å². The number of hydrogen-bond donors (Lipinski definition) is 0. The van der Waals surface area contributed by atoms with Crippen LogP contribution in [-0.4, -0.2) is 0 Å². The Hall–Kier alpha value is -2.11. The molecule has 0 heterocycles. The SMILES string of the molecule is [Au+3].[Au+3].[C-]#N.[C-]#N.[C-]#N.[C-]#N.[C-]#N.[C-]#N.[C-]#N.[C-]#N.[Ni+2]. The largest absolute Gasteiger partial charge is 3.00 e. The molecule has 0 bridgehead atoms. The van der Waals surface area contributed by atoms with Crippen molar-refractivity contribution in [3.05, 3.63) is 52.6 Å². The van der Waals surface area contributed by atoms with Crippen LogP contribution in [0.4, 0.5) is 0 Å². The van der Waals surface area contributed by atoms with E-state index in [1.54, 1.807) is 0 Å². The quantitative estimate of drug-likeness (QED) is 0.269. The zero-order valence-corrected chi connectivity index (χ0v) is 13.8. The van der Waals surface area contributed by atoms with Crippen molar-refractivity contribution in [1.29, 1.82) is 42.1 Å². The van der Waals surface area contributed by atoms with Crippen LogP contribution in [-0.2, 0) is 61.3 Å². The second-order valence-corrected chi connectivity index (χ2v) is 0. The summed E-state index contributed by atoms with van der Waals surface area (Å²) in [7, 11) is 0. The molecule has 0 radical (unpaired) electrons. The van der Waals surface area contributed by atoms with Gasteiger partial charge >= 0.3 is 61.3 Å². The standard InChI is InChI=1S/8CN.2Au.Ni/c8*1-2;;;/q8*-1;2*+3;+2. The van der Waals surface area contributed by atoms with E-state index in [1.807, 2.05) is 0 Å². The van der Waals surface area contributed by atoms with Crippen molar-refractivity contribution in [3.8, 4) is 0 Å². The average Bonchev–Trinajstić information content (AvgIpc) is 2.54. The van der Waals surface area contributed by atoms with Crippen LogP contribution >= 0.6 is 0 Å². The van der Waals surface area contributed by atoms with Gasteiger partial charge in [-0.15, -0.1) is 0 Å². The Bertz CT molecular complexity index is 141. The summed E-state index contributed by atoms with van der Waals surface area (Å²) in [6.45, 7) is 38.0. The summed E-state index contributed by atoms with van der Waals surface area (Å²) in [6.07, 6.45) is 0. The zero-order valence-electron chi connectivity index (χ0n) is 8.50. The van der Waals surface area contributed by atoms with Crippen LogP contribution in [0.1, 0.15) is 0 Å². The Morgan fingerprint density at radius 2 is 0.263 bits per heavy atom. The molecule has 11 heteroatoms. The number of hydrogen-bond acceptors (Lipinski definition) is 8. The molecule has 0 atom stereocenters. The molecule has 0 saturated heterocycles. The van der Waals surface area contributed by atoms with Crippen LogP contribution in [0, 0.1) is 94.7 Å². The van der Waals surface area contributed by atoms with Crippen molar-refractivity contribution in [2.75, 3.05) is 0 Å². The predicted octanol–water partition coefficient (Wildman–Crippen LogP) is 0.763. The first-order valence-electron chi connectivity index (χ1n) is 1.79. The monoisotopic (exact) mass is 660 g/mol. The minimum absolute atomic E-state index is 0. The van der Waals surface area contributed by atoms with E-state index < -0.39 is 0 Å². The first kappa shape index (κ1) is 123. The Balaban J connectivity index is -0.00000000418. The average molecular weight is 661 g/mol. The van der Waals surface area contributed by atoms with Crippen LogP contribution in [0.5, 0.6) is 0 Å². The van der Waals surface area contributed by atoms with Crippen molar-refractivity contribution < 1.29 is 61.3 Å². The van der Waals surface area contributed by atoms with Crippen LogP contribution in [0.25, 0.3) is 0 Å². The van der Waals surface area contributed by atoms with Crippen molar-refractivity contribution >= 4 is 0 Å². The fourth-order valence-corrected chi connectivity index (χ4v) is 0. The summed E-state index contributed by atoms with van der Waals surface area (Å²) < 4.78 is 0. The van der Waals surface area contributed by atoms with Crippen LogP contribution < -0.4 is 0 Å². The van der Waals surface area contributed by atoms with E-state index >= 15 is 0 Å². The molecule has 0 saturated carbocycles. The molecule has 0 aromatic carbocycles. The number of nitrogens with zero attached hydrogens (tertiary/aromatic N) is 8. The van der Waals surface area contributed by atoms with Gasteiger partial charge in [0.2, 0.25) is 0 Å². The maximum atomic E-state index is 6.25. The minimum atomic E-state index is 0. The van der Waals surface area contributed by atoms with E-state index in [4.69, 9.17) is 94.7 Å². The topological polar surface area (TPSA) is 190 Å². The molecular formula is C8Au2N8Ni. The molecule has 0 rings (SSSR count). The molecule has 0 aliphatic carbocycles. The molecule has 0 aliphatic rings. The van der Waals surface area contributed by atoms with Crippen molar-refractivity contribution in [3.63, 3.8) is 0 Å². The molecule has 0 amide bonds. The van der Waals surface area contributed by atoms with Gasteiger partial charge in [-0.05, 0) is 0 Å².